The van der Waals surface area contributed by atoms with Crippen molar-refractivity contribution < 1.29 is 0 Å². The van der Waals surface area contributed by atoms with Crippen molar-refractivity contribution in [2.24, 2.45) is 5.92 Å². The van der Waals surface area contributed by atoms with Gasteiger partial charge in [0.1, 0.15) is 0 Å². The molecule has 0 bridgehead atoms. The summed E-state index contributed by atoms with van der Waals surface area (Å²) in [6.45, 7) is 14.0. The SMILES string of the molecule is C=CCN(C1CC1)C(CCC)CNCC(C)C. The van der Waals surface area contributed by atoms with Gasteiger partial charge >= 0.3 is 0 Å². The Bertz CT molecular complexity index is 209. The van der Waals surface area contributed by atoms with Gasteiger partial charge in [-0.15, -0.1) is 6.58 Å². The van der Waals surface area contributed by atoms with Gasteiger partial charge in [-0.25, -0.2) is 0 Å². The normalized spacial score (nSPS) is 17.7. The quantitative estimate of drug-likeness (QED) is 0.589. The van der Waals surface area contributed by atoms with E-state index in [0.717, 1.165) is 31.6 Å². The van der Waals surface area contributed by atoms with E-state index >= 15 is 0 Å². The molecule has 1 saturated carbocycles. The second kappa shape index (κ2) is 7.88. The van der Waals surface area contributed by atoms with Crippen LogP contribution in [0.1, 0.15) is 46.5 Å². The third-order valence-corrected chi connectivity index (χ3v) is 3.38. The highest BCUT2D eigenvalue weighted by atomic mass is 15.2. The van der Waals surface area contributed by atoms with Crippen LogP contribution in [0.3, 0.4) is 0 Å². The van der Waals surface area contributed by atoms with Gasteiger partial charge in [-0.1, -0.05) is 33.3 Å². The predicted octanol–water partition coefficient (Wildman–Crippen LogP) is 3.05. The van der Waals surface area contributed by atoms with Crippen molar-refractivity contribution in [2.75, 3.05) is 19.6 Å². The molecule has 0 aromatic heterocycles. The van der Waals surface area contributed by atoms with Crippen molar-refractivity contribution in [3.63, 3.8) is 0 Å². The number of nitrogens with one attached hydrogen (secondary N) is 1. The molecule has 1 N–H and O–H groups in total. The van der Waals surface area contributed by atoms with Crippen molar-refractivity contribution in [3.05, 3.63) is 12.7 Å². The largest absolute Gasteiger partial charge is 0.315 e. The fourth-order valence-electron chi connectivity index (χ4n) is 2.41. The lowest BCUT2D eigenvalue weighted by Gasteiger charge is -2.31. The molecular formula is C15H30N2. The molecule has 0 aromatic rings. The summed E-state index contributed by atoms with van der Waals surface area (Å²) in [6, 6.07) is 1.54. The van der Waals surface area contributed by atoms with Gasteiger partial charge in [-0.3, -0.25) is 4.90 Å². The molecule has 100 valence electrons. The molecule has 0 radical (unpaired) electrons. The van der Waals surface area contributed by atoms with E-state index < -0.39 is 0 Å². The predicted molar refractivity (Wildman–Crippen MR) is 76.3 cm³/mol. The smallest absolute Gasteiger partial charge is 0.0226 e. The molecule has 1 rings (SSSR count). The molecule has 1 aliphatic rings. The minimum absolute atomic E-state index is 0.698. The fourth-order valence-corrected chi connectivity index (χ4v) is 2.41. The van der Waals surface area contributed by atoms with E-state index in [9.17, 15) is 0 Å². The molecule has 0 aliphatic heterocycles. The van der Waals surface area contributed by atoms with E-state index in [4.69, 9.17) is 0 Å². The topological polar surface area (TPSA) is 15.3 Å². The van der Waals surface area contributed by atoms with Crippen molar-refractivity contribution in [1.29, 1.82) is 0 Å². The zero-order valence-corrected chi connectivity index (χ0v) is 11.9. The Labute approximate surface area is 107 Å². The second-order valence-corrected chi connectivity index (χ2v) is 5.71. The molecule has 0 saturated heterocycles. The van der Waals surface area contributed by atoms with Gasteiger partial charge in [-0.05, 0) is 31.7 Å². The van der Waals surface area contributed by atoms with E-state index in [1.807, 2.05) is 0 Å². The summed E-state index contributed by atoms with van der Waals surface area (Å²) in [7, 11) is 0. The minimum atomic E-state index is 0.698. The number of hydrogen-bond donors (Lipinski definition) is 1. The molecule has 0 amide bonds. The highest BCUT2D eigenvalue weighted by Crippen LogP contribution is 2.29. The second-order valence-electron chi connectivity index (χ2n) is 5.71. The van der Waals surface area contributed by atoms with Crippen molar-refractivity contribution in [1.82, 2.24) is 10.2 Å². The molecule has 1 unspecified atom stereocenters. The molecule has 1 atom stereocenters. The summed E-state index contributed by atoms with van der Waals surface area (Å²) in [5.74, 6) is 0.742. The van der Waals surface area contributed by atoms with Crippen LogP contribution in [0, 0.1) is 5.92 Å². The zero-order valence-electron chi connectivity index (χ0n) is 11.9. The Morgan fingerprint density at radius 2 is 2.06 bits per heavy atom. The van der Waals surface area contributed by atoms with E-state index in [1.54, 1.807) is 0 Å². The summed E-state index contributed by atoms with van der Waals surface area (Å²) >= 11 is 0. The van der Waals surface area contributed by atoms with Gasteiger partial charge in [0.05, 0.1) is 0 Å². The Balaban J connectivity index is 2.40. The van der Waals surface area contributed by atoms with E-state index in [2.05, 4.69) is 43.6 Å². The summed E-state index contributed by atoms with van der Waals surface area (Å²) < 4.78 is 0. The average Bonchev–Trinajstić information content (AvgIpc) is 3.08. The maximum Gasteiger partial charge on any atom is 0.0226 e. The lowest BCUT2D eigenvalue weighted by Crippen LogP contribution is -2.44. The first-order valence-corrected chi connectivity index (χ1v) is 7.26. The summed E-state index contributed by atoms with van der Waals surface area (Å²) in [4.78, 5) is 2.66. The van der Waals surface area contributed by atoms with Crippen LogP contribution in [0.4, 0.5) is 0 Å². The van der Waals surface area contributed by atoms with Gasteiger partial charge in [0.2, 0.25) is 0 Å². The van der Waals surface area contributed by atoms with Gasteiger partial charge in [0.15, 0.2) is 0 Å². The molecule has 0 spiro atoms. The van der Waals surface area contributed by atoms with Gasteiger partial charge < -0.3 is 5.32 Å². The van der Waals surface area contributed by atoms with Crippen LogP contribution in [0.5, 0.6) is 0 Å². The summed E-state index contributed by atoms with van der Waals surface area (Å²) in [5, 5.41) is 3.62. The monoisotopic (exact) mass is 238 g/mol. The van der Waals surface area contributed by atoms with Crippen LogP contribution in [-0.2, 0) is 0 Å². The number of rotatable bonds is 10. The Morgan fingerprint density at radius 3 is 2.53 bits per heavy atom. The molecule has 2 heteroatoms. The van der Waals surface area contributed by atoms with Gasteiger partial charge in [-0.2, -0.15) is 0 Å². The third kappa shape index (κ3) is 5.69. The first-order valence-electron chi connectivity index (χ1n) is 7.26. The minimum Gasteiger partial charge on any atom is -0.315 e. The Kier molecular flexibility index (Phi) is 6.83. The van der Waals surface area contributed by atoms with Crippen molar-refractivity contribution in [3.8, 4) is 0 Å². The maximum absolute atomic E-state index is 3.90. The van der Waals surface area contributed by atoms with E-state index in [-0.39, 0.29) is 0 Å². The van der Waals surface area contributed by atoms with Crippen molar-refractivity contribution >= 4 is 0 Å². The number of nitrogens with zero attached hydrogens (tertiary/aromatic N) is 1. The fraction of sp³-hybridized carbons (Fsp3) is 0.867. The molecular weight excluding hydrogens is 208 g/mol. The van der Waals surface area contributed by atoms with Crippen LogP contribution >= 0.6 is 0 Å². The highest BCUT2D eigenvalue weighted by molar-refractivity contribution is 4.92. The van der Waals surface area contributed by atoms with Crippen molar-refractivity contribution in [2.45, 2.75) is 58.5 Å². The molecule has 17 heavy (non-hydrogen) atoms. The van der Waals surface area contributed by atoms with Gasteiger partial charge in [0, 0.05) is 25.2 Å². The Hall–Kier alpha value is -0.340. The third-order valence-electron chi connectivity index (χ3n) is 3.38. The van der Waals surface area contributed by atoms with E-state index in [0.29, 0.717) is 6.04 Å². The molecule has 0 aromatic carbocycles. The molecule has 1 fully saturated rings. The highest BCUT2D eigenvalue weighted by Gasteiger charge is 2.32. The number of hydrogen-bond acceptors (Lipinski definition) is 2. The van der Waals surface area contributed by atoms with Crippen LogP contribution < -0.4 is 5.32 Å². The van der Waals surface area contributed by atoms with Crippen LogP contribution in [-0.4, -0.2) is 36.6 Å². The standard InChI is InChI=1S/C15H30N2/c1-5-7-15(12-16-11-13(3)4)17(10-6-2)14-8-9-14/h6,13-16H,2,5,7-12H2,1,3-4H3. The lowest BCUT2D eigenvalue weighted by atomic mass is 10.1. The molecule has 1 aliphatic carbocycles. The lowest BCUT2D eigenvalue weighted by molar-refractivity contribution is 0.189. The van der Waals surface area contributed by atoms with Crippen LogP contribution in [0.2, 0.25) is 0 Å². The maximum atomic E-state index is 3.90. The average molecular weight is 238 g/mol. The first kappa shape index (κ1) is 14.7. The van der Waals surface area contributed by atoms with E-state index in [1.165, 1.54) is 25.7 Å². The Morgan fingerprint density at radius 1 is 1.35 bits per heavy atom. The summed E-state index contributed by atoms with van der Waals surface area (Å²) in [5.41, 5.74) is 0. The zero-order chi connectivity index (χ0) is 12.7. The van der Waals surface area contributed by atoms with Crippen LogP contribution in [0.25, 0.3) is 0 Å². The van der Waals surface area contributed by atoms with Gasteiger partial charge in [0.25, 0.3) is 0 Å². The molecule has 0 heterocycles. The van der Waals surface area contributed by atoms with Crippen LogP contribution in [0.15, 0.2) is 12.7 Å². The summed E-state index contributed by atoms with van der Waals surface area (Å²) in [6.07, 6.45) is 7.41. The first-order chi connectivity index (χ1) is 8.19. The molecule has 2 nitrogen and oxygen atoms in total.